The molecule has 6 rings (SSSR count). The molecule has 4 saturated carbocycles. The molecule has 4 fully saturated rings. The van der Waals surface area contributed by atoms with Crippen LogP contribution < -0.4 is 30.7 Å². The van der Waals surface area contributed by atoms with E-state index in [4.69, 9.17) is 9.47 Å². The first-order chi connectivity index (χ1) is 21.5. The molecule has 0 aromatic heterocycles. The number of ether oxygens (including phenoxy) is 2. The fourth-order valence-electron chi connectivity index (χ4n) is 9.76. The first-order valence-corrected chi connectivity index (χ1v) is 20.3. The molecular weight excluding hydrogens is 728 g/mol. The average Bonchev–Trinajstić information content (AvgIpc) is 3.78. The normalized spacial score (nSPS) is 32.4. The topological polar surface area (TPSA) is 72.8 Å². The van der Waals surface area contributed by atoms with Crippen molar-refractivity contribution in [1.82, 2.24) is 0 Å². The molecule has 46 heavy (non-hydrogen) atoms. The van der Waals surface area contributed by atoms with E-state index in [0.717, 1.165) is 37.2 Å². The molecule has 1 N–H and O–H groups in total. The van der Waals surface area contributed by atoms with Crippen molar-refractivity contribution in [2.75, 3.05) is 0 Å². The van der Waals surface area contributed by atoms with Gasteiger partial charge in [-0.25, -0.2) is 0 Å². The summed E-state index contributed by atoms with van der Waals surface area (Å²) in [7, 11) is -5.86. The van der Waals surface area contributed by atoms with Crippen LogP contribution >= 0.6 is 0 Å². The van der Waals surface area contributed by atoms with Gasteiger partial charge in [0.05, 0.1) is 0 Å². The van der Waals surface area contributed by atoms with E-state index in [1.165, 1.54) is 7.14 Å². The summed E-state index contributed by atoms with van der Waals surface area (Å²) in [4.78, 5) is 0. The van der Waals surface area contributed by atoms with Crippen LogP contribution in [0.5, 0.6) is 11.5 Å². The number of hydrogen-bond donors (Lipinski definition) is 1. The van der Waals surface area contributed by atoms with Crippen LogP contribution in [-0.2, 0) is 10.1 Å². The molecule has 10 heteroatoms. The molecule has 0 radical (unpaired) electrons. The van der Waals surface area contributed by atoms with Gasteiger partial charge in [-0.1, -0.05) is 0 Å². The molecule has 0 amide bonds. The Bertz CT molecular complexity index is 1520. The van der Waals surface area contributed by atoms with Crippen molar-refractivity contribution in [3.05, 3.63) is 55.7 Å². The summed E-state index contributed by atoms with van der Waals surface area (Å²) in [5.41, 5.74) is -1.20. The van der Waals surface area contributed by atoms with Crippen LogP contribution in [0.25, 0.3) is 0 Å². The van der Waals surface area contributed by atoms with Crippen LogP contribution in [0.1, 0.15) is 86.0 Å². The van der Waals surface area contributed by atoms with E-state index in [2.05, 4.69) is 58.9 Å². The average molecular weight is 776 g/mol. The fourth-order valence-corrected chi connectivity index (χ4v) is 12.4. The van der Waals surface area contributed by atoms with Crippen LogP contribution in [-0.4, -0.2) is 35.6 Å². The van der Waals surface area contributed by atoms with E-state index < -0.39 is 59.7 Å². The van der Waals surface area contributed by atoms with E-state index in [0.29, 0.717) is 37.0 Å². The zero-order valence-electron chi connectivity index (χ0n) is 27.3. The van der Waals surface area contributed by atoms with Crippen LogP contribution in [0.4, 0.5) is 13.2 Å². The van der Waals surface area contributed by atoms with Crippen LogP contribution in [0, 0.1) is 48.1 Å². The number of benzene rings is 2. The van der Waals surface area contributed by atoms with Crippen molar-refractivity contribution < 1.29 is 56.8 Å². The van der Waals surface area contributed by atoms with E-state index in [-0.39, 0.29) is 23.9 Å². The Kier molecular flexibility index (Phi) is 9.04. The van der Waals surface area contributed by atoms with E-state index in [9.17, 15) is 21.8 Å². The van der Waals surface area contributed by atoms with Crippen LogP contribution in [0.3, 0.4) is 0 Å². The SMILES string of the molecule is CCC(C)(C)Oc1ccc([I-]c2ccc(OC(C)(CC)CC34CC(C(C(F)C(F)(F)S(=O)(=O)O)C3)C3C5CCC(C5)C34)cc2)cc1. The minimum atomic E-state index is -5.86. The summed E-state index contributed by atoms with van der Waals surface area (Å²) in [5.74, 6) is 1.56. The molecule has 4 aliphatic rings. The van der Waals surface area contributed by atoms with Crippen molar-refractivity contribution in [2.24, 2.45) is 40.9 Å². The second kappa shape index (κ2) is 12.1. The Morgan fingerprint density at radius 1 is 0.913 bits per heavy atom. The van der Waals surface area contributed by atoms with Gasteiger partial charge in [0.1, 0.15) is 0 Å². The summed E-state index contributed by atoms with van der Waals surface area (Å²) in [6, 6.07) is 16.5. The molecule has 0 saturated heterocycles. The molecule has 2 aromatic rings. The third-order valence-corrected chi connectivity index (χ3v) is 15.6. The van der Waals surface area contributed by atoms with Gasteiger partial charge in [0.25, 0.3) is 0 Å². The Labute approximate surface area is 282 Å². The van der Waals surface area contributed by atoms with Crippen molar-refractivity contribution in [3.8, 4) is 11.5 Å². The Hall–Kier alpha value is -1.53. The van der Waals surface area contributed by atoms with Gasteiger partial charge in [0.15, 0.2) is 0 Å². The molecule has 4 aliphatic carbocycles. The fraction of sp³-hybridized carbons (Fsp3) is 0.667. The van der Waals surface area contributed by atoms with Gasteiger partial charge < -0.3 is 0 Å². The van der Waals surface area contributed by atoms with E-state index >= 15 is 4.39 Å². The molecular formula is C36H47F3IO5S-. The van der Waals surface area contributed by atoms with Gasteiger partial charge in [-0.2, -0.15) is 17.2 Å². The van der Waals surface area contributed by atoms with Crippen molar-refractivity contribution >= 4 is 10.1 Å². The third kappa shape index (κ3) is 6.21. The molecule has 0 aliphatic heterocycles. The Morgan fingerprint density at radius 3 is 2.02 bits per heavy atom. The maximum absolute atomic E-state index is 15.5. The summed E-state index contributed by atoms with van der Waals surface area (Å²) in [6.45, 7) is 10.4. The van der Waals surface area contributed by atoms with Crippen LogP contribution in [0.15, 0.2) is 48.5 Å². The first kappa shape index (κ1) is 34.3. The molecule has 9 atom stereocenters. The van der Waals surface area contributed by atoms with E-state index in [1.807, 2.05) is 24.3 Å². The zero-order chi connectivity index (χ0) is 33.3. The standard InChI is InChI=1S/C36H47F3IO5S/c1-6-33(3,4)44-26-14-10-24(11-15-26)40-25-12-16-27(17-13-25)45-34(5,7-2)21-35-19-28(30-22-8-9-23(18-22)31(30)35)29(20-35)32(37)36(38,39)46(41,42)43/h10-17,22-23,28-32H,6-9,18-21H2,1-5H3,(H,41,42,43)/q-1. The molecule has 9 unspecified atom stereocenters. The Morgan fingerprint density at radius 2 is 1.48 bits per heavy atom. The number of rotatable bonds is 13. The first-order valence-electron chi connectivity index (χ1n) is 16.7. The van der Waals surface area contributed by atoms with Gasteiger partial charge in [-0.3, -0.25) is 4.55 Å². The summed E-state index contributed by atoms with van der Waals surface area (Å²) >= 11 is -0.398. The van der Waals surface area contributed by atoms with Gasteiger partial charge in [0, 0.05) is 0 Å². The second-order valence-electron chi connectivity index (χ2n) is 15.3. The van der Waals surface area contributed by atoms with Crippen LogP contribution in [0.2, 0.25) is 0 Å². The van der Waals surface area contributed by atoms with Gasteiger partial charge in [-0.15, -0.1) is 0 Å². The second-order valence-corrected chi connectivity index (χ2v) is 19.8. The van der Waals surface area contributed by atoms with Gasteiger partial charge in [-0.05, 0) is 0 Å². The third-order valence-electron chi connectivity index (χ3n) is 12.0. The van der Waals surface area contributed by atoms with E-state index in [1.54, 1.807) is 0 Å². The van der Waals surface area contributed by atoms with Crippen molar-refractivity contribution in [1.29, 1.82) is 0 Å². The predicted molar refractivity (Wildman–Crippen MR) is 167 cm³/mol. The van der Waals surface area contributed by atoms with Gasteiger partial charge in [0.2, 0.25) is 0 Å². The summed E-state index contributed by atoms with van der Waals surface area (Å²) < 4.78 is 92.4. The molecule has 2 aromatic carbocycles. The molecule has 256 valence electrons. The Balaban J connectivity index is 1.17. The van der Waals surface area contributed by atoms with Crippen molar-refractivity contribution in [3.63, 3.8) is 0 Å². The van der Waals surface area contributed by atoms with Gasteiger partial charge >= 0.3 is 262 Å². The molecule has 0 spiro atoms. The summed E-state index contributed by atoms with van der Waals surface area (Å²) in [6.07, 6.45) is 3.31. The molecule has 4 bridgehead atoms. The summed E-state index contributed by atoms with van der Waals surface area (Å²) in [5, 5.41) is -4.81. The predicted octanol–water partition coefficient (Wildman–Crippen LogP) is 5.83. The molecule has 0 heterocycles. The monoisotopic (exact) mass is 775 g/mol. The molecule has 5 nitrogen and oxygen atoms in total. The number of alkyl halides is 3. The number of hydrogen-bond acceptors (Lipinski definition) is 4. The minimum absolute atomic E-state index is 0.135. The number of halogens is 4. The zero-order valence-corrected chi connectivity index (χ0v) is 30.3. The van der Waals surface area contributed by atoms with Crippen molar-refractivity contribution in [2.45, 2.75) is 109 Å². The quantitative estimate of drug-likeness (QED) is 0.158. The number of fused-ring (bicyclic) bond motifs is 9. The maximum atomic E-state index is 15.5.